The highest BCUT2D eigenvalue weighted by atomic mass is 32.1. The Bertz CT molecular complexity index is 1170. The molecule has 1 aromatic heterocycles. The number of thiophene rings is 1. The van der Waals surface area contributed by atoms with Gasteiger partial charge in [-0.2, -0.15) is 0 Å². The molecule has 0 saturated carbocycles. The van der Waals surface area contributed by atoms with Gasteiger partial charge in [0.25, 0.3) is 0 Å². The highest BCUT2D eigenvalue weighted by Gasteiger charge is 2.35. The molecule has 0 bridgehead atoms. The lowest BCUT2D eigenvalue weighted by molar-refractivity contribution is 0.0602. The summed E-state index contributed by atoms with van der Waals surface area (Å²) in [5.41, 5.74) is 4.54. The van der Waals surface area contributed by atoms with Gasteiger partial charge in [0.2, 0.25) is 0 Å². The van der Waals surface area contributed by atoms with Crippen LogP contribution in [-0.2, 0) is 17.6 Å². The number of urea groups is 1. The first-order chi connectivity index (χ1) is 16.0. The predicted molar refractivity (Wildman–Crippen MR) is 130 cm³/mol. The van der Waals surface area contributed by atoms with E-state index in [2.05, 4.69) is 19.2 Å². The molecule has 0 saturated heterocycles. The second kappa shape index (κ2) is 9.67. The number of hydrogen-bond donors (Lipinski definition) is 1. The molecule has 2 amide bonds. The Kier molecular flexibility index (Phi) is 6.70. The zero-order valence-electron chi connectivity index (χ0n) is 19.3. The van der Waals surface area contributed by atoms with Gasteiger partial charge in [-0.3, -0.25) is 0 Å². The maximum Gasteiger partial charge on any atom is 0.339 e. The summed E-state index contributed by atoms with van der Waals surface area (Å²) < 4.78 is 10.2. The number of fused-ring (bicyclic) bond motifs is 1. The summed E-state index contributed by atoms with van der Waals surface area (Å²) >= 11 is 1.77. The van der Waals surface area contributed by atoms with Crippen LogP contribution in [0.2, 0.25) is 0 Å². The largest absolute Gasteiger partial charge is 0.497 e. The van der Waals surface area contributed by atoms with Crippen LogP contribution in [0.3, 0.4) is 0 Å². The fraction of sp³-hybridized carbons (Fsp3) is 0.308. The minimum atomic E-state index is -0.486. The molecule has 2 aromatic carbocycles. The Morgan fingerprint density at radius 2 is 1.85 bits per heavy atom. The Morgan fingerprint density at radius 1 is 1.12 bits per heavy atom. The van der Waals surface area contributed by atoms with Gasteiger partial charge >= 0.3 is 12.0 Å². The number of hydrogen-bond acceptors (Lipinski definition) is 5. The molecular weight excluding hydrogens is 436 g/mol. The van der Waals surface area contributed by atoms with E-state index in [0.29, 0.717) is 17.8 Å². The van der Waals surface area contributed by atoms with Crippen LogP contribution >= 0.6 is 11.3 Å². The average molecular weight is 465 g/mol. The molecule has 1 N–H and O–H groups in total. The third kappa shape index (κ3) is 4.33. The van der Waals surface area contributed by atoms with E-state index in [1.165, 1.54) is 28.0 Å². The van der Waals surface area contributed by atoms with Crippen LogP contribution in [0.15, 0.2) is 48.5 Å². The van der Waals surface area contributed by atoms with E-state index in [1.807, 2.05) is 29.2 Å². The summed E-state index contributed by atoms with van der Waals surface area (Å²) in [7, 11) is 2.97. The van der Waals surface area contributed by atoms with Gasteiger partial charge in [0.1, 0.15) is 5.75 Å². The summed E-state index contributed by atoms with van der Waals surface area (Å²) in [6, 6.07) is 14.3. The van der Waals surface area contributed by atoms with Crippen molar-refractivity contribution in [3.63, 3.8) is 0 Å². The second-order valence-electron chi connectivity index (χ2n) is 7.92. The maximum absolute atomic E-state index is 13.6. The van der Waals surface area contributed by atoms with Crippen LogP contribution in [-0.4, -0.2) is 37.7 Å². The van der Waals surface area contributed by atoms with Crippen LogP contribution in [0.5, 0.6) is 5.75 Å². The number of anilines is 1. The monoisotopic (exact) mass is 464 g/mol. The third-order valence-electron chi connectivity index (χ3n) is 6.13. The molecular formula is C26H28N2O4S. The summed E-state index contributed by atoms with van der Waals surface area (Å²) in [5, 5.41) is 2.95. The molecule has 1 aliphatic heterocycles. The number of nitrogens with zero attached hydrogens (tertiary/aromatic N) is 1. The van der Waals surface area contributed by atoms with Crippen molar-refractivity contribution >= 4 is 29.0 Å². The highest BCUT2D eigenvalue weighted by molar-refractivity contribution is 7.12. The Labute approximate surface area is 198 Å². The molecule has 0 spiro atoms. The predicted octanol–water partition coefficient (Wildman–Crippen LogP) is 5.59. The van der Waals surface area contributed by atoms with Crippen molar-refractivity contribution in [1.82, 2.24) is 4.90 Å². The molecule has 172 valence electrons. The highest BCUT2D eigenvalue weighted by Crippen LogP contribution is 2.43. The van der Waals surface area contributed by atoms with Crippen LogP contribution in [0, 0.1) is 6.92 Å². The van der Waals surface area contributed by atoms with E-state index in [1.54, 1.807) is 42.7 Å². The first-order valence-corrected chi connectivity index (χ1v) is 11.8. The van der Waals surface area contributed by atoms with Gasteiger partial charge < -0.3 is 19.7 Å². The minimum Gasteiger partial charge on any atom is -0.497 e. The number of rotatable bonds is 5. The number of esters is 1. The number of nitrogens with one attached hydrogen (secondary N) is 1. The van der Waals surface area contributed by atoms with Gasteiger partial charge in [-0.15, -0.1) is 11.3 Å². The topological polar surface area (TPSA) is 67.9 Å². The Morgan fingerprint density at radius 3 is 2.52 bits per heavy atom. The maximum atomic E-state index is 13.6. The van der Waals surface area contributed by atoms with E-state index < -0.39 is 5.97 Å². The molecule has 33 heavy (non-hydrogen) atoms. The molecule has 4 rings (SSSR count). The van der Waals surface area contributed by atoms with E-state index in [0.717, 1.165) is 24.2 Å². The lowest BCUT2D eigenvalue weighted by Crippen LogP contribution is -2.42. The summed E-state index contributed by atoms with van der Waals surface area (Å²) in [4.78, 5) is 30.1. The lowest BCUT2D eigenvalue weighted by Gasteiger charge is -2.36. The molecule has 1 aliphatic rings. The van der Waals surface area contributed by atoms with Crippen LogP contribution in [0.4, 0.5) is 10.5 Å². The van der Waals surface area contributed by atoms with Gasteiger partial charge in [0.05, 0.1) is 31.5 Å². The normalized spacial score (nSPS) is 15.0. The van der Waals surface area contributed by atoms with Crippen LogP contribution < -0.4 is 10.1 Å². The van der Waals surface area contributed by atoms with Gasteiger partial charge in [-0.1, -0.05) is 31.2 Å². The summed E-state index contributed by atoms with van der Waals surface area (Å²) in [5.74, 6) is 0.286. The minimum absolute atomic E-state index is 0.214. The fourth-order valence-electron chi connectivity index (χ4n) is 4.51. The smallest absolute Gasteiger partial charge is 0.339 e. The molecule has 1 atom stereocenters. The molecule has 3 aromatic rings. The number of methoxy groups -OCH3 is 2. The SMILES string of the molecule is CCc1c(C)sc2c1CCN(C(=O)Nc1ccccc1C(=O)OC)C2c1ccc(OC)cc1. The Balaban J connectivity index is 1.73. The van der Waals surface area contributed by atoms with E-state index in [-0.39, 0.29) is 12.1 Å². The van der Waals surface area contributed by atoms with Crippen molar-refractivity contribution in [1.29, 1.82) is 0 Å². The summed E-state index contributed by atoms with van der Waals surface area (Å²) in [6.45, 7) is 4.92. The standard InChI is InChI=1S/C26H28N2O4S/c1-5-19-16(2)33-24-20(19)14-15-28(23(24)17-10-12-18(31-3)13-11-17)26(30)27-22-9-7-6-8-21(22)25(29)32-4/h6-13,23H,5,14-15H2,1-4H3,(H,27,30). The van der Waals surface area contributed by atoms with E-state index in [4.69, 9.17) is 9.47 Å². The first-order valence-electron chi connectivity index (χ1n) is 11.0. The van der Waals surface area contributed by atoms with Crippen molar-refractivity contribution in [3.8, 4) is 5.75 Å². The van der Waals surface area contributed by atoms with Crippen LogP contribution in [0.25, 0.3) is 0 Å². The molecule has 0 radical (unpaired) electrons. The van der Waals surface area contributed by atoms with Crippen molar-refractivity contribution in [2.45, 2.75) is 32.7 Å². The fourth-order valence-corrected chi connectivity index (χ4v) is 5.96. The summed E-state index contributed by atoms with van der Waals surface area (Å²) in [6.07, 6.45) is 1.78. The molecule has 2 heterocycles. The number of benzene rings is 2. The zero-order chi connectivity index (χ0) is 23.5. The molecule has 1 unspecified atom stereocenters. The zero-order valence-corrected chi connectivity index (χ0v) is 20.1. The van der Waals surface area contributed by atoms with Gasteiger partial charge in [-0.25, -0.2) is 9.59 Å². The van der Waals surface area contributed by atoms with E-state index in [9.17, 15) is 9.59 Å². The number of carbonyl (C=O) groups excluding carboxylic acids is 2. The molecule has 6 nitrogen and oxygen atoms in total. The van der Waals surface area contributed by atoms with Crippen molar-refractivity contribution in [2.24, 2.45) is 0 Å². The number of carbonyl (C=O) groups is 2. The number of para-hydroxylation sites is 1. The second-order valence-corrected chi connectivity index (χ2v) is 9.18. The molecule has 0 aliphatic carbocycles. The number of ether oxygens (including phenoxy) is 2. The first kappa shape index (κ1) is 22.9. The van der Waals surface area contributed by atoms with E-state index >= 15 is 0 Å². The van der Waals surface area contributed by atoms with Gasteiger partial charge in [0, 0.05) is 16.3 Å². The van der Waals surface area contributed by atoms with Gasteiger partial charge in [0.15, 0.2) is 0 Å². The van der Waals surface area contributed by atoms with Crippen LogP contribution in [0.1, 0.15) is 49.8 Å². The lowest BCUT2D eigenvalue weighted by atomic mass is 9.92. The molecule has 7 heteroatoms. The third-order valence-corrected chi connectivity index (χ3v) is 7.37. The van der Waals surface area contributed by atoms with Crippen molar-refractivity contribution in [2.75, 3.05) is 26.1 Å². The molecule has 0 fully saturated rings. The quantitative estimate of drug-likeness (QED) is 0.500. The Hall–Kier alpha value is -3.32. The van der Waals surface area contributed by atoms with Gasteiger partial charge in [-0.05, 0) is 60.7 Å². The average Bonchev–Trinajstić information content (AvgIpc) is 3.18. The number of aryl methyl sites for hydroxylation is 1. The van der Waals surface area contributed by atoms with Crippen molar-refractivity contribution in [3.05, 3.63) is 80.5 Å². The van der Waals surface area contributed by atoms with Crippen molar-refractivity contribution < 1.29 is 19.1 Å². The number of amides is 2.